The van der Waals surface area contributed by atoms with E-state index >= 15 is 0 Å². The highest BCUT2D eigenvalue weighted by Gasteiger charge is 2.29. The van der Waals surface area contributed by atoms with Gasteiger partial charge in [0.25, 0.3) is 5.91 Å². The minimum absolute atomic E-state index is 0.0788. The minimum Gasteiger partial charge on any atom is -0.480 e. The van der Waals surface area contributed by atoms with Gasteiger partial charge in [-0.3, -0.25) is 19.6 Å². The van der Waals surface area contributed by atoms with Crippen molar-refractivity contribution in [3.63, 3.8) is 0 Å². The summed E-state index contributed by atoms with van der Waals surface area (Å²) >= 11 is 0. The van der Waals surface area contributed by atoms with Gasteiger partial charge in [-0.05, 0) is 32.6 Å². The van der Waals surface area contributed by atoms with Crippen LogP contribution in [-0.2, 0) is 16.1 Å². The Bertz CT molecular complexity index is 1380. The molecule has 0 radical (unpaired) electrons. The van der Waals surface area contributed by atoms with Crippen LogP contribution in [-0.4, -0.2) is 49.8 Å². The number of aliphatic carboxylic acids is 1. The summed E-state index contributed by atoms with van der Waals surface area (Å²) in [6, 6.07) is 15.9. The van der Waals surface area contributed by atoms with E-state index in [0.717, 1.165) is 26.9 Å². The number of nitrogens with zero attached hydrogens (tertiary/aromatic N) is 4. The van der Waals surface area contributed by atoms with Gasteiger partial charge in [-0.25, -0.2) is 9.42 Å². The standard InChI is InChI=1S/C23H18N6O6/c30-19(31)11-29-10-13(9-24-29)25-22(32)20-21(28-35-27-20)26-23(33)34-12-18-16-7-3-1-5-14(16)15-6-2-4-8-17(15)18/h1-10,18H,11-12H2,(H,25,32)(H,30,31)(H,26,28,33). The van der Waals surface area contributed by atoms with Crippen LogP contribution in [0.2, 0.25) is 0 Å². The topological polar surface area (TPSA) is 161 Å². The fraction of sp³-hybridized carbons (Fsp3) is 0.130. The van der Waals surface area contributed by atoms with Crippen LogP contribution in [0.4, 0.5) is 16.3 Å². The third-order valence-electron chi connectivity index (χ3n) is 5.46. The van der Waals surface area contributed by atoms with Crippen LogP contribution in [0.15, 0.2) is 65.6 Å². The molecule has 12 heteroatoms. The highest BCUT2D eigenvalue weighted by Crippen LogP contribution is 2.44. The Balaban J connectivity index is 1.23. The Morgan fingerprint density at radius 1 is 1.00 bits per heavy atom. The van der Waals surface area contributed by atoms with Gasteiger partial charge in [-0.1, -0.05) is 48.5 Å². The highest BCUT2D eigenvalue weighted by molar-refractivity contribution is 6.07. The molecule has 0 spiro atoms. The average Bonchev–Trinajstić information content (AvgIpc) is 3.55. The molecule has 176 valence electrons. The molecule has 12 nitrogen and oxygen atoms in total. The number of carbonyl (C=O) groups is 3. The molecule has 3 N–H and O–H groups in total. The number of ether oxygens (including phenoxy) is 1. The maximum absolute atomic E-state index is 12.5. The number of amides is 2. The molecule has 0 unspecified atom stereocenters. The fourth-order valence-electron chi connectivity index (χ4n) is 3.99. The number of hydrogen-bond donors (Lipinski definition) is 3. The van der Waals surface area contributed by atoms with Gasteiger partial charge < -0.3 is 15.2 Å². The van der Waals surface area contributed by atoms with E-state index in [2.05, 4.69) is 30.7 Å². The van der Waals surface area contributed by atoms with Gasteiger partial charge in [0.05, 0.1) is 11.9 Å². The molecule has 0 saturated heterocycles. The number of nitrogens with one attached hydrogen (secondary N) is 2. The van der Waals surface area contributed by atoms with Crippen LogP contribution >= 0.6 is 0 Å². The zero-order valence-electron chi connectivity index (χ0n) is 18.0. The number of fused-ring (bicyclic) bond motifs is 3. The van der Waals surface area contributed by atoms with Crippen molar-refractivity contribution in [2.24, 2.45) is 0 Å². The summed E-state index contributed by atoms with van der Waals surface area (Å²) in [6.45, 7) is -0.286. The first kappa shape index (κ1) is 21.8. The Labute approximate surface area is 197 Å². The van der Waals surface area contributed by atoms with E-state index in [1.807, 2.05) is 48.5 Å². The Hall–Kier alpha value is -5.00. The molecule has 1 aliphatic carbocycles. The SMILES string of the molecule is O=C(O)Cn1cc(NC(=O)c2nonc2NC(=O)OCC2c3ccccc3-c3ccccc32)cn1. The Morgan fingerprint density at radius 2 is 1.69 bits per heavy atom. The summed E-state index contributed by atoms with van der Waals surface area (Å²) in [5.74, 6) is -2.18. The van der Waals surface area contributed by atoms with Crippen LogP contribution < -0.4 is 10.6 Å². The van der Waals surface area contributed by atoms with Crippen molar-refractivity contribution in [2.75, 3.05) is 17.2 Å². The molecule has 2 aromatic carbocycles. The summed E-state index contributed by atoms with van der Waals surface area (Å²) in [5.41, 5.74) is 4.27. The number of carboxylic acids is 1. The van der Waals surface area contributed by atoms with E-state index in [-0.39, 0.29) is 36.3 Å². The molecule has 0 saturated carbocycles. The van der Waals surface area contributed by atoms with Gasteiger partial charge in [-0.15, -0.1) is 0 Å². The molecular weight excluding hydrogens is 456 g/mol. The van der Waals surface area contributed by atoms with Gasteiger partial charge in [0.2, 0.25) is 11.5 Å². The quantitative estimate of drug-likeness (QED) is 0.365. The second-order valence-electron chi connectivity index (χ2n) is 7.69. The molecule has 5 rings (SSSR count). The first-order chi connectivity index (χ1) is 17.0. The molecule has 2 aromatic heterocycles. The summed E-state index contributed by atoms with van der Waals surface area (Å²) in [6.07, 6.45) is 1.77. The maximum Gasteiger partial charge on any atom is 0.412 e. The Morgan fingerprint density at radius 3 is 2.37 bits per heavy atom. The second kappa shape index (κ2) is 9.09. The zero-order chi connectivity index (χ0) is 24.4. The van der Waals surface area contributed by atoms with Crippen LogP contribution in [0.5, 0.6) is 0 Å². The predicted octanol–water partition coefficient (Wildman–Crippen LogP) is 2.96. The van der Waals surface area contributed by atoms with Crippen molar-refractivity contribution in [2.45, 2.75) is 12.5 Å². The maximum atomic E-state index is 12.5. The van der Waals surface area contributed by atoms with Crippen LogP contribution in [0.25, 0.3) is 11.1 Å². The van der Waals surface area contributed by atoms with Crippen LogP contribution in [0.3, 0.4) is 0 Å². The second-order valence-corrected chi connectivity index (χ2v) is 7.69. The molecule has 0 aliphatic heterocycles. The third kappa shape index (κ3) is 4.44. The van der Waals surface area contributed by atoms with E-state index in [0.29, 0.717) is 0 Å². The normalized spacial score (nSPS) is 12.0. The lowest BCUT2D eigenvalue weighted by atomic mass is 9.98. The smallest absolute Gasteiger partial charge is 0.412 e. The monoisotopic (exact) mass is 474 g/mol. The number of carbonyl (C=O) groups excluding carboxylic acids is 2. The van der Waals surface area contributed by atoms with E-state index < -0.39 is 18.0 Å². The number of carboxylic acid groups (broad SMARTS) is 1. The number of hydrogen-bond acceptors (Lipinski definition) is 8. The van der Waals surface area contributed by atoms with Crippen LogP contribution in [0, 0.1) is 0 Å². The van der Waals surface area contributed by atoms with Crippen LogP contribution in [0.1, 0.15) is 27.5 Å². The van der Waals surface area contributed by atoms with Crippen molar-refractivity contribution in [3.05, 3.63) is 77.7 Å². The zero-order valence-corrected chi connectivity index (χ0v) is 18.0. The molecular formula is C23H18N6O6. The van der Waals surface area contributed by atoms with Gasteiger partial charge >= 0.3 is 12.1 Å². The molecule has 0 bridgehead atoms. The molecule has 0 atom stereocenters. The number of benzene rings is 2. The molecule has 4 aromatic rings. The highest BCUT2D eigenvalue weighted by atomic mass is 16.6. The van der Waals surface area contributed by atoms with Gasteiger partial charge in [0.1, 0.15) is 13.2 Å². The lowest BCUT2D eigenvalue weighted by Gasteiger charge is -2.14. The fourth-order valence-corrected chi connectivity index (χ4v) is 3.99. The van der Waals surface area contributed by atoms with E-state index in [9.17, 15) is 14.4 Å². The van der Waals surface area contributed by atoms with E-state index in [4.69, 9.17) is 9.84 Å². The number of aromatic nitrogens is 4. The van der Waals surface area contributed by atoms with Crippen molar-refractivity contribution in [1.82, 2.24) is 20.1 Å². The first-order valence-electron chi connectivity index (χ1n) is 10.5. The van der Waals surface area contributed by atoms with Gasteiger partial charge in [0, 0.05) is 12.1 Å². The molecule has 2 heterocycles. The molecule has 0 fully saturated rings. The van der Waals surface area contributed by atoms with Crippen molar-refractivity contribution >= 4 is 29.5 Å². The van der Waals surface area contributed by atoms with Crippen molar-refractivity contribution in [1.29, 1.82) is 0 Å². The summed E-state index contributed by atoms with van der Waals surface area (Å²) < 4.78 is 11.2. The molecule has 35 heavy (non-hydrogen) atoms. The molecule has 1 aliphatic rings. The summed E-state index contributed by atoms with van der Waals surface area (Å²) in [5, 5.41) is 24.6. The van der Waals surface area contributed by atoms with E-state index in [1.165, 1.54) is 12.4 Å². The lowest BCUT2D eigenvalue weighted by Crippen LogP contribution is -2.21. The largest absolute Gasteiger partial charge is 0.480 e. The average molecular weight is 474 g/mol. The first-order valence-corrected chi connectivity index (χ1v) is 10.5. The number of anilines is 2. The predicted molar refractivity (Wildman–Crippen MR) is 121 cm³/mol. The number of rotatable bonds is 7. The Kier molecular flexibility index (Phi) is 5.67. The van der Waals surface area contributed by atoms with Gasteiger partial charge in [0.15, 0.2) is 0 Å². The minimum atomic E-state index is -1.08. The lowest BCUT2D eigenvalue weighted by molar-refractivity contribution is -0.137. The van der Waals surface area contributed by atoms with Gasteiger partial charge in [-0.2, -0.15) is 5.10 Å². The van der Waals surface area contributed by atoms with E-state index in [1.54, 1.807) is 0 Å². The molecule has 2 amide bonds. The van der Waals surface area contributed by atoms with Crippen molar-refractivity contribution < 1.29 is 28.9 Å². The third-order valence-corrected chi connectivity index (χ3v) is 5.46. The summed E-state index contributed by atoms with van der Waals surface area (Å²) in [4.78, 5) is 35.8. The van der Waals surface area contributed by atoms with Crippen molar-refractivity contribution in [3.8, 4) is 11.1 Å². The summed E-state index contributed by atoms with van der Waals surface area (Å²) in [7, 11) is 0.